The van der Waals surface area contributed by atoms with E-state index in [-0.39, 0.29) is 5.75 Å². The highest BCUT2D eigenvalue weighted by molar-refractivity contribution is 7.88. The molecular weight excluding hydrogens is 272 g/mol. The molecule has 0 atom stereocenters. The molecule has 1 aromatic rings. The Morgan fingerprint density at radius 1 is 1.05 bits per heavy atom. The molecule has 0 saturated carbocycles. The van der Waals surface area contributed by atoms with Crippen LogP contribution in [0.25, 0.3) is 0 Å². The van der Waals surface area contributed by atoms with Gasteiger partial charge in [-0.3, -0.25) is 0 Å². The second kappa shape index (κ2) is 8.39. The second-order valence-electron chi connectivity index (χ2n) is 4.84. The van der Waals surface area contributed by atoms with E-state index in [1.807, 2.05) is 38.1 Å². The van der Waals surface area contributed by atoms with Crippen molar-refractivity contribution in [1.29, 1.82) is 0 Å². The molecule has 0 aromatic heterocycles. The Hall–Kier alpha value is -0.910. The fourth-order valence-electron chi connectivity index (χ4n) is 2.07. The average molecular weight is 298 g/mol. The van der Waals surface area contributed by atoms with E-state index in [2.05, 4.69) is 12.2 Å². The zero-order valence-corrected chi connectivity index (χ0v) is 13.5. The summed E-state index contributed by atoms with van der Waals surface area (Å²) >= 11 is 0. The summed E-state index contributed by atoms with van der Waals surface area (Å²) in [6.45, 7) is 8.82. The molecular formula is C15H26N2O2S. The van der Waals surface area contributed by atoms with Crippen molar-refractivity contribution in [2.75, 3.05) is 19.6 Å². The van der Waals surface area contributed by atoms with E-state index >= 15 is 0 Å². The molecule has 4 nitrogen and oxygen atoms in total. The largest absolute Gasteiger partial charge is 0.313 e. The molecule has 1 aromatic carbocycles. The zero-order chi connectivity index (χ0) is 15.0. The highest BCUT2D eigenvalue weighted by Crippen LogP contribution is 2.12. The smallest absolute Gasteiger partial charge is 0.218 e. The molecule has 5 heteroatoms. The van der Waals surface area contributed by atoms with E-state index < -0.39 is 10.0 Å². The van der Waals surface area contributed by atoms with Gasteiger partial charge in [-0.25, -0.2) is 12.7 Å². The molecule has 0 amide bonds. The molecule has 0 unspecified atom stereocenters. The van der Waals surface area contributed by atoms with Gasteiger partial charge in [0.05, 0.1) is 5.75 Å². The maximum atomic E-state index is 12.3. The van der Waals surface area contributed by atoms with Crippen LogP contribution in [-0.2, 0) is 22.3 Å². The monoisotopic (exact) mass is 298 g/mol. The molecule has 0 spiro atoms. The minimum atomic E-state index is -3.20. The van der Waals surface area contributed by atoms with Gasteiger partial charge in [-0.1, -0.05) is 45.0 Å². The Kier molecular flexibility index (Phi) is 7.19. The lowest BCUT2D eigenvalue weighted by Crippen LogP contribution is -2.32. The van der Waals surface area contributed by atoms with Crippen molar-refractivity contribution >= 4 is 10.0 Å². The van der Waals surface area contributed by atoms with Crippen LogP contribution in [0, 0.1) is 0 Å². The number of benzene rings is 1. The summed E-state index contributed by atoms with van der Waals surface area (Å²) in [5.74, 6) is 0.0856. The predicted molar refractivity (Wildman–Crippen MR) is 84.0 cm³/mol. The van der Waals surface area contributed by atoms with Crippen LogP contribution in [0.4, 0.5) is 0 Å². The van der Waals surface area contributed by atoms with Crippen LogP contribution in [0.5, 0.6) is 0 Å². The van der Waals surface area contributed by atoms with E-state index in [0.717, 1.165) is 25.1 Å². The predicted octanol–water partition coefficient (Wildman–Crippen LogP) is 2.36. The first-order valence-electron chi connectivity index (χ1n) is 7.29. The third kappa shape index (κ3) is 5.23. The van der Waals surface area contributed by atoms with Crippen LogP contribution >= 0.6 is 0 Å². The fraction of sp³-hybridized carbons (Fsp3) is 0.600. The molecule has 0 aliphatic carbocycles. The molecule has 20 heavy (non-hydrogen) atoms. The van der Waals surface area contributed by atoms with Crippen molar-refractivity contribution in [3.8, 4) is 0 Å². The first-order chi connectivity index (χ1) is 9.53. The Balaban J connectivity index is 2.71. The van der Waals surface area contributed by atoms with Gasteiger partial charge in [0, 0.05) is 19.6 Å². The summed E-state index contributed by atoms with van der Waals surface area (Å²) < 4.78 is 26.1. The summed E-state index contributed by atoms with van der Waals surface area (Å²) in [7, 11) is -3.20. The molecule has 0 saturated heterocycles. The number of nitrogens with zero attached hydrogens (tertiary/aromatic N) is 1. The molecule has 0 bridgehead atoms. The molecule has 1 N–H and O–H groups in total. The number of hydrogen-bond acceptors (Lipinski definition) is 3. The topological polar surface area (TPSA) is 49.4 Å². The average Bonchev–Trinajstić information content (AvgIpc) is 2.43. The normalized spacial score (nSPS) is 12.0. The lowest BCUT2D eigenvalue weighted by molar-refractivity contribution is 0.426. The van der Waals surface area contributed by atoms with Crippen LogP contribution in [-0.4, -0.2) is 32.4 Å². The maximum Gasteiger partial charge on any atom is 0.218 e. The number of sulfonamides is 1. The van der Waals surface area contributed by atoms with Gasteiger partial charge in [0.2, 0.25) is 10.0 Å². The number of nitrogens with one attached hydrogen (secondary N) is 1. The SMILES string of the molecule is CCCN(CC)S(=O)(=O)Cc1ccc(CNCC)cc1. The van der Waals surface area contributed by atoms with Crippen molar-refractivity contribution in [3.63, 3.8) is 0 Å². The highest BCUT2D eigenvalue weighted by Gasteiger charge is 2.19. The Labute approximate surface area is 123 Å². The van der Waals surface area contributed by atoms with Gasteiger partial charge >= 0.3 is 0 Å². The zero-order valence-electron chi connectivity index (χ0n) is 12.7. The number of rotatable bonds is 9. The summed E-state index contributed by atoms with van der Waals surface area (Å²) in [5.41, 5.74) is 2.02. The van der Waals surface area contributed by atoms with Gasteiger partial charge in [-0.2, -0.15) is 0 Å². The van der Waals surface area contributed by atoms with E-state index in [1.54, 1.807) is 4.31 Å². The third-order valence-corrected chi connectivity index (χ3v) is 5.10. The summed E-state index contributed by atoms with van der Waals surface area (Å²) in [5, 5.41) is 3.25. The minimum absolute atomic E-state index is 0.0856. The van der Waals surface area contributed by atoms with Crippen LogP contribution in [0.15, 0.2) is 24.3 Å². The van der Waals surface area contributed by atoms with Crippen molar-refractivity contribution in [3.05, 3.63) is 35.4 Å². The summed E-state index contributed by atoms with van der Waals surface area (Å²) in [6.07, 6.45) is 0.842. The molecule has 0 aliphatic rings. The molecule has 0 fully saturated rings. The van der Waals surface area contributed by atoms with Crippen molar-refractivity contribution in [2.24, 2.45) is 0 Å². The van der Waals surface area contributed by atoms with Crippen LogP contribution in [0.1, 0.15) is 38.3 Å². The van der Waals surface area contributed by atoms with Crippen LogP contribution in [0.2, 0.25) is 0 Å². The van der Waals surface area contributed by atoms with E-state index in [1.165, 1.54) is 5.56 Å². The lowest BCUT2D eigenvalue weighted by atomic mass is 10.1. The highest BCUT2D eigenvalue weighted by atomic mass is 32.2. The number of hydrogen-bond donors (Lipinski definition) is 1. The van der Waals surface area contributed by atoms with E-state index in [0.29, 0.717) is 13.1 Å². The van der Waals surface area contributed by atoms with Crippen molar-refractivity contribution < 1.29 is 8.42 Å². The van der Waals surface area contributed by atoms with Crippen LogP contribution < -0.4 is 5.32 Å². The summed E-state index contributed by atoms with van der Waals surface area (Å²) in [4.78, 5) is 0. The molecule has 0 aliphatic heterocycles. The van der Waals surface area contributed by atoms with Gasteiger partial charge in [-0.05, 0) is 24.1 Å². The Morgan fingerprint density at radius 3 is 2.15 bits per heavy atom. The van der Waals surface area contributed by atoms with E-state index in [9.17, 15) is 8.42 Å². The van der Waals surface area contributed by atoms with Crippen molar-refractivity contribution in [2.45, 2.75) is 39.5 Å². The quantitative estimate of drug-likeness (QED) is 0.761. The maximum absolute atomic E-state index is 12.3. The Bertz CT molecular complexity index is 483. The van der Waals surface area contributed by atoms with Gasteiger partial charge in [0.25, 0.3) is 0 Å². The first-order valence-corrected chi connectivity index (χ1v) is 8.90. The molecule has 0 radical (unpaired) electrons. The second-order valence-corrected chi connectivity index (χ2v) is 6.81. The fourth-order valence-corrected chi connectivity index (χ4v) is 3.72. The summed E-state index contributed by atoms with van der Waals surface area (Å²) in [6, 6.07) is 7.79. The van der Waals surface area contributed by atoms with Gasteiger partial charge < -0.3 is 5.32 Å². The molecule has 0 heterocycles. The standard InChI is InChI=1S/C15H26N2O2S/c1-4-11-17(6-3)20(18,19)13-15-9-7-14(8-10-15)12-16-5-2/h7-10,16H,4-6,11-13H2,1-3H3. The molecule has 1 rings (SSSR count). The van der Waals surface area contributed by atoms with Gasteiger partial charge in [-0.15, -0.1) is 0 Å². The van der Waals surface area contributed by atoms with Crippen molar-refractivity contribution in [1.82, 2.24) is 9.62 Å². The van der Waals surface area contributed by atoms with Gasteiger partial charge in [0.15, 0.2) is 0 Å². The van der Waals surface area contributed by atoms with Gasteiger partial charge in [0.1, 0.15) is 0 Å². The minimum Gasteiger partial charge on any atom is -0.313 e. The first kappa shape index (κ1) is 17.1. The lowest BCUT2D eigenvalue weighted by Gasteiger charge is -2.19. The molecule has 114 valence electrons. The third-order valence-electron chi connectivity index (χ3n) is 3.17. The van der Waals surface area contributed by atoms with E-state index in [4.69, 9.17) is 0 Å². The van der Waals surface area contributed by atoms with Crippen LogP contribution in [0.3, 0.4) is 0 Å². The Morgan fingerprint density at radius 2 is 1.65 bits per heavy atom.